The molecule has 17 heavy (non-hydrogen) atoms. The topological polar surface area (TPSA) is 20.3 Å². The second-order valence-electron chi connectivity index (χ2n) is 4.05. The van der Waals surface area contributed by atoms with Crippen LogP contribution in [0.1, 0.15) is 18.4 Å². The third-order valence-corrected chi connectivity index (χ3v) is 4.11. The van der Waals surface area contributed by atoms with Crippen LogP contribution in [0.3, 0.4) is 0 Å². The van der Waals surface area contributed by atoms with Gasteiger partial charge in [0.15, 0.2) is 0 Å². The van der Waals surface area contributed by atoms with Gasteiger partial charge < -0.3 is 4.90 Å². The van der Waals surface area contributed by atoms with E-state index in [9.17, 15) is 4.79 Å². The van der Waals surface area contributed by atoms with Gasteiger partial charge in [-0.3, -0.25) is 4.79 Å². The van der Waals surface area contributed by atoms with Gasteiger partial charge >= 0.3 is 0 Å². The number of hydrogen-bond acceptors (Lipinski definition) is 2. The largest absolute Gasteiger partial charge is 0.312 e. The van der Waals surface area contributed by atoms with Crippen molar-refractivity contribution in [2.45, 2.75) is 24.2 Å². The summed E-state index contributed by atoms with van der Waals surface area (Å²) in [4.78, 5) is 15.1. The van der Waals surface area contributed by atoms with Gasteiger partial charge in [0, 0.05) is 29.4 Å². The fourth-order valence-corrected chi connectivity index (χ4v) is 3.00. The quantitative estimate of drug-likeness (QED) is 0.617. The number of anilines is 1. The van der Waals surface area contributed by atoms with Crippen LogP contribution in [-0.2, 0) is 11.2 Å². The number of alkyl halides is 1. The molecule has 0 N–H and O–H groups in total. The van der Waals surface area contributed by atoms with Crippen molar-refractivity contribution >= 4 is 35.0 Å². The van der Waals surface area contributed by atoms with Crippen LogP contribution in [0, 0.1) is 0 Å². The Bertz CT molecular complexity index is 422. The lowest BCUT2D eigenvalue weighted by Gasteiger charge is -2.30. The minimum atomic E-state index is 0.223. The Kier molecular flexibility index (Phi) is 4.35. The molecule has 1 aromatic carbocycles. The number of benzene rings is 1. The highest BCUT2D eigenvalue weighted by Crippen LogP contribution is 2.34. The second kappa shape index (κ2) is 5.78. The number of carbonyl (C=O) groups excluding carboxylic acids is 1. The van der Waals surface area contributed by atoms with Gasteiger partial charge in [-0.15, -0.1) is 23.4 Å². The zero-order valence-electron chi connectivity index (χ0n) is 9.91. The minimum absolute atomic E-state index is 0.223. The molecule has 1 aliphatic rings. The Labute approximate surface area is 111 Å². The summed E-state index contributed by atoms with van der Waals surface area (Å²) < 4.78 is 0. The van der Waals surface area contributed by atoms with Crippen LogP contribution < -0.4 is 4.90 Å². The van der Waals surface area contributed by atoms with Crippen molar-refractivity contribution in [1.29, 1.82) is 0 Å². The first-order valence-electron chi connectivity index (χ1n) is 5.80. The standard InChI is InChI=1S/C13H16ClNOS/c1-17-12-5-2-4-11-10(12)6-7-13(16)15(11)9-3-8-14/h2,4-5H,3,6-9H2,1H3. The first-order valence-corrected chi connectivity index (χ1v) is 7.56. The third kappa shape index (κ3) is 2.61. The molecule has 0 atom stereocenters. The normalized spacial score (nSPS) is 14.9. The van der Waals surface area contributed by atoms with Gasteiger partial charge in [-0.25, -0.2) is 0 Å². The molecule has 1 aromatic rings. The molecule has 0 fully saturated rings. The van der Waals surface area contributed by atoms with E-state index in [1.807, 2.05) is 17.0 Å². The maximum Gasteiger partial charge on any atom is 0.227 e. The summed E-state index contributed by atoms with van der Waals surface area (Å²) in [6.45, 7) is 0.729. The minimum Gasteiger partial charge on any atom is -0.312 e. The average molecular weight is 270 g/mol. The summed E-state index contributed by atoms with van der Waals surface area (Å²) in [6, 6.07) is 6.19. The number of fused-ring (bicyclic) bond motifs is 1. The molecule has 1 heterocycles. The maximum atomic E-state index is 11.9. The first kappa shape index (κ1) is 12.8. The van der Waals surface area contributed by atoms with Gasteiger partial charge in [0.05, 0.1) is 0 Å². The molecule has 1 amide bonds. The van der Waals surface area contributed by atoms with E-state index in [1.165, 1.54) is 10.5 Å². The van der Waals surface area contributed by atoms with Crippen molar-refractivity contribution in [1.82, 2.24) is 0 Å². The lowest BCUT2D eigenvalue weighted by atomic mass is 10.0. The molecule has 0 saturated heterocycles. The molecule has 0 saturated carbocycles. The van der Waals surface area contributed by atoms with Crippen molar-refractivity contribution < 1.29 is 4.79 Å². The highest BCUT2D eigenvalue weighted by atomic mass is 35.5. The van der Waals surface area contributed by atoms with E-state index in [1.54, 1.807) is 11.8 Å². The van der Waals surface area contributed by atoms with Crippen molar-refractivity contribution in [2.75, 3.05) is 23.6 Å². The van der Waals surface area contributed by atoms with E-state index in [2.05, 4.69) is 12.3 Å². The highest BCUT2D eigenvalue weighted by molar-refractivity contribution is 7.98. The van der Waals surface area contributed by atoms with Gasteiger partial charge in [0.25, 0.3) is 0 Å². The predicted octanol–water partition coefficient (Wildman–Crippen LogP) is 3.32. The monoisotopic (exact) mass is 269 g/mol. The summed E-state index contributed by atoms with van der Waals surface area (Å²) >= 11 is 7.46. The molecule has 1 aliphatic heterocycles. The molecular weight excluding hydrogens is 254 g/mol. The molecule has 92 valence electrons. The summed E-state index contributed by atoms with van der Waals surface area (Å²) in [5.74, 6) is 0.822. The van der Waals surface area contributed by atoms with Crippen LogP contribution in [0.4, 0.5) is 5.69 Å². The molecule has 0 unspecified atom stereocenters. The number of hydrogen-bond donors (Lipinski definition) is 0. The molecule has 0 spiro atoms. The van der Waals surface area contributed by atoms with E-state index in [0.29, 0.717) is 12.3 Å². The number of rotatable bonds is 4. The maximum absolute atomic E-state index is 11.9. The number of nitrogens with zero attached hydrogens (tertiary/aromatic N) is 1. The lowest BCUT2D eigenvalue weighted by molar-refractivity contribution is -0.118. The average Bonchev–Trinajstić information content (AvgIpc) is 2.36. The van der Waals surface area contributed by atoms with E-state index in [-0.39, 0.29) is 5.91 Å². The summed E-state index contributed by atoms with van der Waals surface area (Å²) in [7, 11) is 0. The Hall–Kier alpha value is -0.670. The zero-order chi connectivity index (χ0) is 12.3. The van der Waals surface area contributed by atoms with Crippen molar-refractivity contribution in [2.24, 2.45) is 0 Å². The molecule has 2 nitrogen and oxygen atoms in total. The second-order valence-corrected chi connectivity index (χ2v) is 5.27. The van der Waals surface area contributed by atoms with Crippen molar-refractivity contribution in [3.8, 4) is 0 Å². The predicted molar refractivity (Wildman–Crippen MR) is 74.2 cm³/mol. The van der Waals surface area contributed by atoms with Crippen LogP contribution in [0.15, 0.2) is 23.1 Å². The van der Waals surface area contributed by atoms with Crippen molar-refractivity contribution in [3.63, 3.8) is 0 Å². The Balaban J connectivity index is 2.34. The van der Waals surface area contributed by atoms with Crippen molar-refractivity contribution in [3.05, 3.63) is 23.8 Å². The first-order chi connectivity index (χ1) is 8.27. The molecule has 0 bridgehead atoms. The highest BCUT2D eigenvalue weighted by Gasteiger charge is 2.24. The van der Waals surface area contributed by atoms with E-state index in [0.717, 1.165) is 25.1 Å². The van der Waals surface area contributed by atoms with Gasteiger partial charge in [-0.2, -0.15) is 0 Å². The van der Waals surface area contributed by atoms with E-state index >= 15 is 0 Å². The van der Waals surface area contributed by atoms with Crippen LogP contribution >= 0.6 is 23.4 Å². The molecule has 0 radical (unpaired) electrons. The van der Waals surface area contributed by atoms with E-state index in [4.69, 9.17) is 11.6 Å². The Morgan fingerprint density at radius 1 is 1.41 bits per heavy atom. The Morgan fingerprint density at radius 2 is 2.24 bits per heavy atom. The van der Waals surface area contributed by atoms with Gasteiger partial charge in [-0.1, -0.05) is 6.07 Å². The fraction of sp³-hybridized carbons (Fsp3) is 0.462. The number of amides is 1. The molecule has 0 aliphatic carbocycles. The van der Waals surface area contributed by atoms with Gasteiger partial charge in [0.1, 0.15) is 0 Å². The van der Waals surface area contributed by atoms with Crippen LogP contribution in [-0.4, -0.2) is 24.6 Å². The van der Waals surface area contributed by atoms with Crippen LogP contribution in [0.5, 0.6) is 0 Å². The lowest BCUT2D eigenvalue weighted by Crippen LogP contribution is -2.36. The summed E-state index contributed by atoms with van der Waals surface area (Å²) in [5.41, 5.74) is 2.40. The Morgan fingerprint density at radius 3 is 2.94 bits per heavy atom. The molecule has 4 heteroatoms. The zero-order valence-corrected chi connectivity index (χ0v) is 11.5. The molecule has 0 aromatic heterocycles. The number of carbonyl (C=O) groups is 1. The van der Waals surface area contributed by atoms with Crippen LogP contribution in [0.25, 0.3) is 0 Å². The fourth-order valence-electron chi connectivity index (χ4n) is 2.21. The number of halogens is 1. The van der Waals surface area contributed by atoms with E-state index < -0.39 is 0 Å². The van der Waals surface area contributed by atoms with Gasteiger partial charge in [-0.05, 0) is 36.8 Å². The summed E-state index contributed by atoms with van der Waals surface area (Å²) in [6.07, 6.45) is 4.40. The SMILES string of the molecule is CSc1cccc2c1CCC(=O)N2CCCCl. The third-order valence-electron chi connectivity index (χ3n) is 3.02. The van der Waals surface area contributed by atoms with Crippen LogP contribution in [0.2, 0.25) is 0 Å². The van der Waals surface area contributed by atoms with Gasteiger partial charge in [0.2, 0.25) is 5.91 Å². The molecule has 2 rings (SSSR count). The smallest absolute Gasteiger partial charge is 0.227 e. The number of thioether (sulfide) groups is 1. The summed E-state index contributed by atoms with van der Waals surface area (Å²) in [5, 5.41) is 0. The molecular formula is C13H16ClNOS.